The number of nitrogens with zero attached hydrogens (tertiary/aromatic N) is 3. The first-order valence-electron chi connectivity index (χ1n) is 9.04. The zero-order valence-corrected chi connectivity index (χ0v) is 15.9. The highest BCUT2D eigenvalue weighted by atomic mass is 35.5. The molecule has 1 aromatic heterocycles. The third-order valence-electron chi connectivity index (χ3n) is 5.33. The third-order valence-corrected chi connectivity index (χ3v) is 6.07. The van der Waals surface area contributed by atoms with Crippen molar-refractivity contribution in [1.29, 1.82) is 0 Å². The molecule has 1 aliphatic carbocycles. The van der Waals surface area contributed by atoms with Crippen LogP contribution in [-0.4, -0.2) is 40.3 Å². The van der Waals surface area contributed by atoms with Gasteiger partial charge in [-0.2, -0.15) is 0 Å². The van der Waals surface area contributed by atoms with Crippen LogP contribution in [0.15, 0.2) is 30.5 Å². The van der Waals surface area contributed by atoms with E-state index in [1.54, 1.807) is 16.8 Å². The van der Waals surface area contributed by atoms with Crippen molar-refractivity contribution in [3.63, 3.8) is 0 Å². The molecule has 1 saturated heterocycles. The summed E-state index contributed by atoms with van der Waals surface area (Å²) >= 11 is 12.0. The van der Waals surface area contributed by atoms with E-state index < -0.39 is 0 Å². The van der Waals surface area contributed by atoms with Gasteiger partial charge in [0.1, 0.15) is 0 Å². The molecular weight excluding hydrogens is 373 g/mol. The van der Waals surface area contributed by atoms with Crippen molar-refractivity contribution in [2.45, 2.75) is 25.7 Å². The van der Waals surface area contributed by atoms with Gasteiger partial charge in [0.2, 0.25) is 11.8 Å². The molecule has 2 aliphatic rings. The average Bonchev–Trinajstić information content (AvgIpc) is 3.28. The second-order valence-electron chi connectivity index (χ2n) is 6.98. The number of amides is 1. The van der Waals surface area contributed by atoms with Gasteiger partial charge in [0.15, 0.2) is 0 Å². The van der Waals surface area contributed by atoms with Crippen LogP contribution < -0.4 is 4.74 Å². The Hall–Kier alpha value is -1.72. The molecule has 1 amide bonds. The normalized spacial score (nSPS) is 22.3. The lowest BCUT2D eigenvalue weighted by Gasteiger charge is -2.37. The quantitative estimate of drug-likeness (QED) is 0.764. The maximum absolute atomic E-state index is 12.5. The second-order valence-corrected chi connectivity index (χ2v) is 7.80. The average molecular weight is 394 g/mol. The van der Waals surface area contributed by atoms with E-state index in [0.717, 1.165) is 44.5 Å². The lowest BCUT2D eigenvalue weighted by molar-refractivity contribution is -0.141. The van der Waals surface area contributed by atoms with Gasteiger partial charge in [0.25, 0.3) is 0 Å². The minimum Gasteiger partial charge on any atom is -0.476 e. The summed E-state index contributed by atoms with van der Waals surface area (Å²) in [6, 6.07) is 7.17. The molecule has 2 heterocycles. The van der Waals surface area contributed by atoms with Gasteiger partial charge in [-0.1, -0.05) is 23.2 Å². The van der Waals surface area contributed by atoms with Gasteiger partial charge in [-0.25, -0.2) is 4.68 Å². The van der Waals surface area contributed by atoms with Gasteiger partial charge >= 0.3 is 0 Å². The number of ether oxygens (including phenoxy) is 1. The predicted molar refractivity (Wildman–Crippen MR) is 101 cm³/mol. The van der Waals surface area contributed by atoms with E-state index in [0.29, 0.717) is 34.4 Å². The van der Waals surface area contributed by atoms with Gasteiger partial charge in [-0.05, 0) is 43.9 Å². The van der Waals surface area contributed by atoms with Crippen molar-refractivity contribution < 1.29 is 9.53 Å². The topological polar surface area (TPSA) is 47.4 Å². The molecule has 26 heavy (non-hydrogen) atoms. The number of hydrogen-bond acceptors (Lipinski definition) is 3. The molecule has 0 N–H and O–H groups in total. The Bertz CT molecular complexity index is 802. The lowest BCUT2D eigenvalue weighted by Crippen LogP contribution is -2.44. The highest BCUT2D eigenvalue weighted by molar-refractivity contribution is 6.42. The van der Waals surface area contributed by atoms with Crippen LogP contribution in [0.2, 0.25) is 10.0 Å². The van der Waals surface area contributed by atoms with Crippen molar-refractivity contribution in [3.8, 4) is 11.6 Å². The van der Waals surface area contributed by atoms with Crippen LogP contribution in [-0.2, 0) is 4.79 Å². The third kappa shape index (κ3) is 3.55. The van der Waals surface area contributed by atoms with E-state index in [-0.39, 0.29) is 5.92 Å². The van der Waals surface area contributed by atoms with Crippen molar-refractivity contribution in [2.75, 3.05) is 19.7 Å². The van der Waals surface area contributed by atoms with E-state index >= 15 is 0 Å². The molecule has 4 rings (SSSR count). The number of carbonyl (C=O) groups is 1. The Labute approximate surface area is 162 Å². The number of aromatic nitrogens is 2. The molecule has 2 atom stereocenters. The second kappa shape index (κ2) is 7.49. The number of rotatable bonds is 5. The van der Waals surface area contributed by atoms with Crippen molar-refractivity contribution >= 4 is 29.1 Å². The van der Waals surface area contributed by atoms with Gasteiger partial charge in [-0.15, -0.1) is 5.10 Å². The van der Waals surface area contributed by atoms with Crippen LogP contribution in [0.3, 0.4) is 0 Å². The summed E-state index contributed by atoms with van der Waals surface area (Å²) in [4.78, 5) is 14.5. The zero-order chi connectivity index (χ0) is 18.1. The predicted octanol–water partition coefficient (Wildman–Crippen LogP) is 4.21. The maximum atomic E-state index is 12.5. The van der Waals surface area contributed by atoms with Gasteiger partial charge < -0.3 is 9.64 Å². The summed E-state index contributed by atoms with van der Waals surface area (Å²) in [6.45, 7) is 2.36. The summed E-state index contributed by atoms with van der Waals surface area (Å²) < 4.78 is 7.55. The molecule has 1 saturated carbocycles. The van der Waals surface area contributed by atoms with E-state index in [9.17, 15) is 4.79 Å². The number of benzene rings is 1. The number of hydrogen-bond donors (Lipinski definition) is 0. The summed E-state index contributed by atoms with van der Waals surface area (Å²) in [6.07, 6.45) is 6.10. The monoisotopic (exact) mass is 393 g/mol. The largest absolute Gasteiger partial charge is 0.476 e. The van der Waals surface area contributed by atoms with Crippen molar-refractivity contribution in [1.82, 2.24) is 14.7 Å². The summed E-state index contributed by atoms with van der Waals surface area (Å²) in [5.74, 6) is 1.27. The van der Waals surface area contributed by atoms with Crippen LogP contribution >= 0.6 is 23.2 Å². The maximum Gasteiger partial charge on any atom is 0.233 e. The molecule has 2 fully saturated rings. The lowest BCUT2D eigenvalue weighted by atomic mass is 9.73. The van der Waals surface area contributed by atoms with Crippen molar-refractivity contribution in [3.05, 3.63) is 40.5 Å². The SMILES string of the molecule is O=C([C@H]1CC[C@H]1COc1ccn(-c2ccc(Cl)c(Cl)c2)n1)N1CCCC1. The van der Waals surface area contributed by atoms with Crippen LogP contribution in [0.1, 0.15) is 25.7 Å². The highest BCUT2D eigenvalue weighted by Crippen LogP contribution is 2.36. The Morgan fingerprint density at radius 3 is 2.65 bits per heavy atom. The van der Waals surface area contributed by atoms with E-state index in [2.05, 4.69) is 5.10 Å². The van der Waals surface area contributed by atoms with Gasteiger partial charge in [-0.3, -0.25) is 4.79 Å². The fourth-order valence-corrected chi connectivity index (χ4v) is 3.91. The molecule has 7 heteroatoms. The van der Waals surface area contributed by atoms with Gasteiger partial charge in [0, 0.05) is 37.2 Å². The molecule has 0 bridgehead atoms. The fraction of sp³-hybridized carbons (Fsp3) is 0.474. The number of carbonyl (C=O) groups excluding carboxylic acids is 1. The highest BCUT2D eigenvalue weighted by Gasteiger charge is 2.39. The molecular formula is C19H21Cl2N3O2. The molecule has 2 aromatic rings. The molecule has 138 valence electrons. The minimum absolute atomic E-state index is 0.116. The first kappa shape index (κ1) is 17.7. The van der Waals surface area contributed by atoms with Crippen molar-refractivity contribution in [2.24, 2.45) is 11.8 Å². The van der Waals surface area contributed by atoms with Crippen LogP contribution in [0.25, 0.3) is 5.69 Å². The van der Waals surface area contributed by atoms with Crippen LogP contribution in [0.5, 0.6) is 5.88 Å². The minimum atomic E-state index is 0.116. The zero-order valence-electron chi connectivity index (χ0n) is 14.4. The smallest absolute Gasteiger partial charge is 0.233 e. The summed E-state index contributed by atoms with van der Waals surface area (Å²) in [7, 11) is 0. The first-order valence-corrected chi connectivity index (χ1v) is 9.80. The van der Waals surface area contributed by atoms with E-state index in [4.69, 9.17) is 27.9 Å². The van der Waals surface area contributed by atoms with Gasteiger partial charge in [0.05, 0.1) is 22.3 Å². The van der Waals surface area contributed by atoms with Crippen LogP contribution in [0.4, 0.5) is 0 Å². The van der Waals surface area contributed by atoms with Crippen LogP contribution in [0, 0.1) is 11.8 Å². The molecule has 0 radical (unpaired) electrons. The molecule has 0 unspecified atom stereocenters. The molecule has 0 spiro atoms. The standard InChI is InChI=1S/C19H21Cl2N3O2/c20-16-6-4-14(11-17(16)21)24-10-7-18(22-24)26-12-13-3-5-15(13)19(25)23-8-1-2-9-23/h4,6-7,10-11,13,15H,1-3,5,8-9,12H2/t13-,15-/m0/s1. The van der Waals surface area contributed by atoms with E-state index in [1.807, 2.05) is 23.2 Å². The Morgan fingerprint density at radius 2 is 1.96 bits per heavy atom. The Kier molecular flexibility index (Phi) is 5.09. The Balaban J connectivity index is 1.34. The fourth-order valence-electron chi connectivity index (χ4n) is 3.61. The molecule has 1 aromatic carbocycles. The number of halogens is 2. The first-order chi connectivity index (χ1) is 12.6. The number of likely N-dealkylation sites (tertiary alicyclic amines) is 1. The molecule has 1 aliphatic heterocycles. The molecule has 5 nitrogen and oxygen atoms in total. The van der Waals surface area contributed by atoms with E-state index in [1.165, 1.54) is 0 Å². The Morgan fingerprint density at radius 1 is 1.15 bits per heavy atom. The summed E-state index contributed by atoms with van der Waals surface area (Å²) in [5, 5.41) is 5.42. The summed E-state index contributed by atoms with van der Waals surface area (Å²) in [5.41, 5.74) is 0.819.